The van der Waals surface area contributed by atoms with Crippen LogP contribution in [0.25, 0.3) is 22.4 Å². The van der Waals surface area contributed by atoms with Crippen molar-refractivity contribution in [2.75, 3.05) is 5.32 Å². The van der Waals surface area contributed by atoms with Gasteiger partial charge in [0.1, 0.15) is 5.76 Å². The number of pyridine rings is 1. The SMILES string of the molecule is Cc1ccc2nc(C)cc(C(=O)Nc3cccc(-c4nc(C)c(C)o4)c3)c2c1. The maximum atomic E-state index is 13.0. The third kappa shape index (κ3) is 3.39. The van der Waals surface area contributed by atoms with Crippen molar-refractivity contribution in [2.24, 2.45) is 0 Å². The molecule has 140 valence electrons. The summed E-state index contributed by atoms with van der Waals surface area (Å²) in [6, 6.07) is 15.3. The molecule has 5 heteroatoms. The van der Waals surface area contributed by atoms with Gasteiger partial charge < -0.3 is 9.73 Å². The second-order valence-electron chi connectivity index (χ2n) is 7.03. The summed E-state index contributed by atoms with van der Waals surface area (Å²) in [5.74, 6) is 1.17. The number of amides is 1. The molecule has 0 aliphatic rings. The highest BCUT2D eigenvalue weighted by Crippen LogP contribution is 2.25. The molecule has 5 nitrogen and oxygen atoms in total. The molecule has 0 saturated carbocycles. The minimum Gasteiger partial charge on any atom is -0.441 e. The maximum absolute atomic E-state index is 13.0. The number of carbonyl (C=O) groups excluding carboxylic acids is 1. The number of oxazole rings is 1. The summed E-state index contributed by atoms with van der Waals surface area (Å²) in [4.78, 5) is 22.0. The predicted octanol–water partition coefficient (Wildman–Crippen LogP) is 5.38. The molecule has 4 rings (SSSR count). The number of hydrogen-bond acceptors (Lipinski definition) is 4. The Balaban J connectivity index is 1.69. The second-order valence-corrected chi connectivity index (χ2v) is 7.03. The van der Waals surface area contributed by atoms with Crippen LogP contribution in [0.4, 0.5) is 5.69 Å². The number of carbonyl (C=O) groups is 1. The molecule has 0 atom stereocenters. The van der Waals surface area contributed by atoms with Gasteiger partial charge in [0.15, 0.2) is 0 Å². The predicted molar refractivity (Wildman–Crippen MR) is 111 cm³/mol. The Morgan fingerprint density at radius 2 is 1.79 bits per heavy atom. The number of hydrogen-bond donors (Lipinski definition) is 1. The van der Waals surface area contributed by atoms with E-state index in [1.54, 1.807) is 0 Å². The van der Waals surface area contributed by atoms with E-state index in [-0.39, 0.29) is 5.91 Å². The zero-order valence-corrected chi connectivity index (χ0v) is 16.3. The maximum Gasteiger partial charge on any atom is 0.256 e. The van der Waals surface area contributed by atoms with Gasteiger partial charge in [-0.2, -0.15) is 0 Å². The van der Waals surface area contributed by atoms with E-state index in [1.807, 2.05) is 76.2 Å². The number of anilines is 1. The molecule has 0 radical (unpaired) electrons. The van der Waals surface area contributed by atoms with Crippen molar-refractivity contribution in [3.63, 3.8) is 0 Å². The van der Waals surface area contributed by atoms with E-state index in [4.69, 9.17) is 4.42 Å². The minimum absolute atomic E-state index is 0.169. The number of rotatable bonds is 3. The van der Waals surface area contributed by atoms with Crippen molar-refractivity contribution in [1.29, 1.82) is 0 Å². The number of aryl methyl sites for hydroxylation is 4. The molecule has 2 heterocycles. The fourth-order valence-electron chi connectivity index (χ4n) is 3.18. The lowest BCUT2D eigenvalue weighted by molar-refractivity contribution is 0.102. The topological polar surface area (TPSA) is 68.0 Å². The third-order valence-electron chi connectivity index (χ3n) is 4.73. The van der Waals surface area contributed by atoms with E-state index < -0.39 is 0 Å². The molecule has 2 aromatic carbocycles. The Hall–Kier alpha value is -3.47. The van der Waals surface area contributed by atoms with Crippen molar-refractivity contribution >= 4 is 22.5 Å². The van der Waals surface area contributed by atoms with Gasteiger partial charge in [-0.05, 0) is 64.1 Å². The number of benzene rings is 2. The lowest BCUT2D eigenvalue weighted by Crippen LogP contribution is -2.13. The molecule has 0 spiro atoms. The molecule has 1 amide bonds. The monoisotopic (exact) mass is 371 g/mol. The molecule has 0 fully saturated rings. The van der Waals surface area contributed by atoms with Crippen LogP contribution in [0.2, 0.25) is 0 Å². The Morgan fingerprint density at radius 3 is 2.54 bits per heavy atom. The highest BCUT2D eigenvalue weighted by molar-refractivity contribution is 6.12. The largest absolute Gasteiger partial charge is 0.441 e. The van der Waals surface area contributed by atoms with E-state index in [0.717, 1.165) is 39.2 Å². The molecule has 4 aromatic rings. The molecule has 0 aliphatic heterocycles. The van der Waals surface area contributed by atoms with Crippen molar-refractivity contribution in [1.82, 2.24) is 9.97 Å². The van der Waals surface area contributed by atoms with Gasteiger partial charge in [-0.1, -0.05) is 17.7 Å². The van der Waals surface area contributed by atoms with Crippen LogP contribution in [-0.4, -0.2) is 15.9 Å². The number of fused-ring (bicyclic) bond motifs is 1. The summed E-state index contributed by atoms with van der Waals surface area (Å²) in [6.45, 7) is 7.69. The lowest BCUT2D eigenvalue weighted by atomic mass is 10.0. The Kier molecular flexibility index (Phi) is 4.43. The summed E-state index contributed by atoms with van der Waals surface area (Å²) < 4.78 is 5.70. The third-order valence-corrected chi connectivity index (χ3v) is 4.73. The zero-order valence-electron chi connectivity index (χ0n) is 16.3. The van der Waals surface area contributed by atoms with Crippen LogP contribution in [0.1, 0.15) is 33.1 Å². The van der Waals surface area contributed by atoms with Crippen LogP contribution in [0, 0.1) is 27.7 Å². The van der Waals surface area contributed by atoms with Crippen LogP contribution in [0.3, 0.4) is 0 Å². The van der Waals surface area contributed by atoms with Gasteiger partial charge in [-0.3, -0.25) is 9.78 Å². The molecule has 0 saturated heterocycles. The summed E-state index contributed by atoms with van der Waals surface area (Å²) in [5, 5.41) is 3.84. The van der Waals surface area contributed by atoms with E-state index in [1.165, 1.54) is 0 Å². The van der Waals surface area contributed by atoms with E-state index in [9.17, 15) is 4.79 Å². The Labute approximate surface area is 163 Å². The molecule has 0 aliphatic carbocycles. The van der Waals surface area contributed by atoms with Gasteiger partial charge in [0.25, 0.3) is 5.91 Å². The fraction of sp³-hybridized carbons (Fsp3) is 0.174. The molecule has 28 heavy (non-hydrogen) atoms. The van der Waals surface area contributed by atoms with Crippen molar-refractivity contribution in [2.45, 2.75) is 27.7 Å². The van der Waals surface area contributed by atoms with Crippen LogP contribution < -0.4 is 5.32 Å². The van der Waals surface area contributed by atoms with Crippen LogP contribution >= 0.6 is 0 Å². The smallest absolute Gasteiger partial charge is 0.256 e. The van der Waals surface area contributed by atoms with Gasteiger partial charge in [0, 0.05) is 22.3 Å². The quantitative estimate of drug-likeness (QED) is 0.525. The fourth-order valence-corrected chi connectivity index (χ4v) is 3.18. The average molecular weight is 371 g/mol. The number of nitrogens with zero attached hydrogens (tertiary/aromatic N) is 2. The standard InChI is InChI=1S/C23H21N3O2/c1-13-8-9-21-19(10-13)20(11-14(2)24-21)22(27)26-18-7-5-6-17(12-18)23-25-15(3)16(4)28-23/h5-12H,1-4H3,(H,26,27). The van der Waals surface area contributed by atoms with Crippen LogP contribution in [-0.2, 0) is 0 Å². The molecule has 2 aromatic heterocycles. The molecule has 0 bridgehead atoms. The summed E-state index contributed by atoms with van der Waals surface area (Å²) >= 11 is 0. The molecule has 1 N–H and O–H groups in total. The second kappa shape index (κ2) is 6.93. The van der Waals surface area contributed by atoms with Crippen molar-refractivity contribution in [3.05, 3.63) is 76.8 Å². The molecular weight excluding hydrogens is 350 g/mol. The van der Waals surface area contributed by atoms with E-state index >= 15 is 0 Å². The molecule has 0 unspecified atom stereocenters. The van der Waals surface area contributed by atoms with Crippen molar-refractivity contribution in [3.8, 4) is 11.5 Å². The normalized spacial score (nSPS) is 11.0. The number of aromatic nitrogens is 2. The summed E-state index contributed by atoms with van der Waals surface area (Å²) in [5.41, 5.74) is 5.69. The zero-order chi connectivity index (χ0) is 19.8. The van der Waals surface area contributed by atoms with Gasteiger partial charge in [-0.15, -0.1) is 0 Å². The van der Waals surface area contributed by atoms with E-state index in [2.05, 4.69) is 15.3 Å². The Morgan fingerprint density at radius 1 is 0.964 bits per heavy atom. The first-order chi connectivity index (χ1) is 13.4. The minimum atomic E-state index is -0.169. The average Bonchev–Trinajstić information content (AvgIpc) is 3.00. The van der Waals surface area contributed by atoms with Gasteiger partial charge >= 0.3 is 0 Å². The van der Waals surface area contributed by atoms with Crippen molar-refractivity contribution < 1.29 is 9.21 Å². The van der Waals surface area contributed by atoms with Gasteiger partial charge in [-0.25, -0.2) is 4.98 Å². The first kappa shape index (κ1) is 17.9. The van der Waals surface area contributed by atoms with Gasteiger partial charge in [0.2, 0.25) is 5.89 Å². The Bertz CT molecular complexity index is 1190. The summed E-state index contributed by atoms with van der Waals surface area (Å²) in [6.07, 6.45) is 0. The van der Waals surface area contributed by atoms with Crippen LogP contribution in [0.5, 0.6) is 0 Å². The summed E-state index contributed by atoms with van der Waals surface area (Å²) in [7, 11) is 0. The first-order valence-electron chi connectivity index (χ1n) is 9.14. The number of nitrogens with one attached hydrogen (secondary N) is 1. The first-order valence-corrected chi connectivity index (χ1v) is 9.14. The van der Waals surface area contributed by atoms with Crippen LogP contribution in [0.15, 0.2) is 52.9 Å². The van der Waals surface area contributed by atoms with E-state index in [0.29, 0.717) is 17.1 Å². The highest BCUT2D eigenvalue weighted by atomic mass is 16.4. The highest BCUT2D eigenvalue weighted by Gasteiger charge is 2.14. The molecular formula is C23H21N3O2. The van der Waals surface area contributed by atoms with Gasteiger partial charge in [0.05, 0.1) is 16.8 Å². The lowest BCUT2D eigenvalue weighted by Gasteiger charge is -2.10.